The van der Waals surface area contributed by atoms with Gasteiger partial charge in [-0.25, -0.2) is 5.01 Å². The molecule has 0 unspecified atom stereocenters. The van der Waals surface area contributed by atoms with E-state index in [1.54, 1.807) is 6.07 Å². The molecule has 2 amide bonds. The van der Waals surface area contributed by atoms with Crippen molar-refractivity contribution in [3.05, 3.63) is 54.1 Å². The van der Waals surface area contributed by atoms with Crippen LogP contribution in [0.5, 0.6) is 11.5 Å². The highest BCUT2D eigenvalue weighted by atomic mass is 16.6. The lowest BCUT2D eigenvalue weighted by Crippen LogP contribution is -2.44. The number of rotatable bonds is 4. The number of benzene rings is 2. The number of carbonyl (C=O) groups excluding carboxylic acids is 2. The number of anilines is 1. The molecule has 2 heterocycles. The number of fused-ring (bicyclic) bond motifs is 1. The van der Waals surface area contributed by atoms with Gasteiger partial charge in [-0.15, -0.1) is 0 Å². The zero-order valence-corrected chi connectivity index (χ0v) is 15.6. The second-order valence-corrected chi connectivity index (χ2v) is 6.80. The SMILES string of the molecule is Cc1cccc(N2N=C(C(=O)NC[C@H]3COc4ccccc4O3)CCC2=O)c1. The molecule has 0 aromatic heterocycles. The van der Waals surface area contributed by atoms with Crippen LogP contribution in [0.2, 0.25) is 0 Å². The summed E-state index contributed by atoms with van der Waals surface area (Å²) < 4.78 is 11.5. The third kappa shape index (κ3) is 3.83. The number of hydrazone groups is 1. The van der Waals surface area contributed by atoms with Gasteiger partial charge in [0.25, 0.3) is 5.91 Å². The Labute approximate surface area is 162 Å². The Morgan fingerprint density at radius 1 is 1.18 bits per heavy atom. The van der Waals surface area contributed by atoms with E-state index in [9.17, 15) is 9.59 Å². The third-order valence-corrected chi connectivity index (χ3v) is 4.60. The van der Waals surface area contributed by atoms with Gasteiger partial charge in [0.2, 0.25) is 5.91 Å². The number of nitrogens with one attached hydrogen (secondary N) is 1. The first kappa shape index (κ1) is 18.0. The number of hydrogen-bond acceptors (Lipinski definition) is 5. The van der Waals surface area contributed by atoms with Gasteiger partial charge in [-0.2, -0.15) is 5.10 Å². The summed E-state index contributed by atoms with van der Waals surface area (Å²) >= 11 is 0. The number of carbonyl (C=O) groups is 2. The molecule has 1 atom stereocenters. The van der Waals surface area contributed by atoms with E-state index in [1.807, 2.05) is 49.4 Å². The van der Waals surface area contributed by atoms with E-state index in [4.69, 9.17) is 9.47 Å². The van der Waals surface area contributed by atoms with Gasteiger partial charge in [0.15, 0.2) is 11.5 Å². The topological polar surface area (TPSA) is 80.2 Å². The maximum Gasteiger partial charge on any atom is 0.267 e. The second-order valence-electron chi connectivity index (χ2n) is 6.80. The molecule has 4 rings (SSSR count). The van der Waals surface area contributed by atoms with Crippen LogP contribution in [0.25, 0.3) is 0 Å². The Morgan fingerprint density at radius 3 is 2.82 bits per heavy atom. The Balaban J connectivity index is 1.40. The number of nitrogens with zero attached hydrogens (tertiary/aromatic N) is 2. The van der Waals surface area contributed by atoms with Gasteiger partial charge in [-0.05, 0) is 36.8 Å². The lowest BCUT2D eigenvalue weighted by Gasteiger charge is -2.27. The van der Waals surface area contributed by atoms with Crippen molar-refractivity contribution in [2.75, 3.05) is 18.2 Å². The molecule has 7 nitrogen and oxygen atoms in total. The summed E-state index contributed by atoms with van der Waals surface area (Å²) in [5.74, 6) is 0.948. The second kappa shape index (κ2) is 7.72. The standard InChI is InChI=1S/C21H21N3O4/c1-14-5-4-6-15(11-14)24-20(25)10-9-17(23-24)21(26)22-12-16-13-27-18-7-2-3-8-19(18)28-16/h2-8,11,16H,9-10,12-13H2,1H3,(H,22,26)/t16-/m0/s1. The van der Waals surface area contributed by atoms with E-state index < -0.39 is 0 Å². The molecule has 2 aromatic rings. The zero-order valence-electron chi connectivity index (χ0n) is 15.6. The molecule has 7 heteroatoms. The minimum Gasteiger partial charge on any atom is -0.486 e. The highest BCUT2D eigenvalue weighted by Crippen LogP contribution is 2.30. The fourth-order valence-corrected chi connectivity index (χ4v) is 3.15. The van der Waals surface area contributed by atoms with Crippen molar-refractivity contribution in [2.45, 2.75) is 25.9 Å². The molecule has 0 saturated carbocycles. The molecule has 2 aliphatic heterocycles. The molecular weight excluding hydrogens is 358 g/mol. The maximum atomic E-state index is 12.6. The van der Waals surface area contributed by atoms with Gasteiger partial charge >= 0.3 is 0 Å². The first-order valence-electron chi connectivity index (χ1n) is 9.24. The van der Waals surface area contributed by atoms with Gasteiger partial charge in [0.1, 0.15) is 18.4 Å². The lowest BCUT2D eigenvalue weighted by atomic mass is 10.1. The van der Waals surface area contributed by atoms with E-state index in [0.29, 0.717) is 42.5 Å². The van der Waals surface area contributed by atoms with Gasteiger partial charge in [0, 0.05) is 12.8 Å². The Bertz CT molecular complexity index is 941. The van der Waals surface area contributed by atoms with E-state index >= 15 is 0 Å². The number of amides is 2. The number of ether oxygens (including phenoxy) is 2. The molecule has 0 radical (unpaired) electrons. The first-order chi connectivity index (χ1) is 13.6. The number of aryl methyl sites for hydroxylation is 1. The molecule has 2 aromatic carbocycles. The van der Waals surface area contributed by atoms with E-state index in [0.717, 1.165) is 5.56 Å². The van der Waals surface area contributed by atoms with Crippen LogP contribution >= 0.6 is 0 Å². The zero-order chi connectivity index (χ0) is 19.5. The molecule has 0 aliphatic carbocycles. The Kier molecular flexibility index (Phi) is 4.97. The molecule has 0 spiro atoms. The monoisotopic (exact) mass is 379 g/mol. The minimum absolute atomic E-state index is 0.122. The summed E-state index contributed by atoms with van der Waals surface area (Å²) in [7, 11) is 0. The van der Waals surface area contributed by atoms with E-state index in [-0.39, 0.29) is 24.3 Å². The molecule has 28 heavy (non-hydrogen) atoms. The van der Waals surface area contributed by atoms with Crippen molar-refractivity contribution in [2.24, 2.45) is 5.10 Å². The summed E-state index contributed by atoms with van der Waals surface area (Å²) in [6.07, 6.45) is 0.284. The van der Waals surface area contributed by atoms with Crippen molar-refractivity contribution in [3.8, 4) is 11.5 Å². The van der Waals surface area contributed by atoms with Gasteiger partial charge in [0.05, 0.1) is 12.2 Å². The third-order valence-electron chi connectivity index (χ3n) is 4.60. The van der Waals surface area contributed by atoms with Crippen LogP contribution in [-0.2, 0) is 9.59 Å². The highest BCUT2D eigenvalue weighted by molar-refractivity contribution is 6.40. The largest absolute Gasteiger partial charge is 0.486 e. The average Bonchev–Trinajstić information content (AvgIpc) is 2.72. The maximum absolute atomic E-state index is 12.6. The van der Waals surface area contributed by atoms with Crippen molar-refractivity contribution < 1.29 is 19.1 Å². The van der Waals surface area contributed by atoms with E-state index in [1.165, 1.54) is 5.01 Å². The number of hydrogen-bond donors (Lipinski definition) is 1. The number of para-hydroxylation sites is 2. The average molecular weight is 379 g/mol. The van der Waals surface area contributed by atoms with Gasteiger partial charge < -0.3 is 14.8 Å². The predicted molar refractivity (Wildman–Crippen MR) is 105 cm³/mol. The first-order valence-corrected chi connectivity index (χ1v) is 9.24. The van der Waals surface area contributed by atoms with Crippen LogP contribution in [0.4, 0.5) is 5.69 Å². The van der Waals surface area contributed by atoms with Crippen molar-refractivity contribution in [3.63, 3.8) is 0 Å². The van der Waals surface area contributed by atoms with Crippen LogP contribution in [0.3, 0.4) is 0 Å². The molecule has 1 N–H and O–H groups in total. The highest BCUT2D eigenvalue weighted by Gasteiger charge is 2.27. The molecule has 0 saturated heterocycles. The van der Waals surface area contributed by atoms with Crippen molar-refractivity contribution >= 4 is 23.2 Å². The van der Waals surface area contributed by atoms with Gasteiger partial charge in [-0.1, -0.05) is 24.3 Å². The summed E-state index contributed by atoms with van der Waals surface area (Å²) in [4.78, 5) is 24.8. The van der Waals surface area contributed by atoms with Crippen LogP contribution in [0.15, 0.2) is 53.6 Å². The Hall–Kier alpha value is -3.35. The van der Waals surface area contributed by atoms with Crippen LogP contribution in [0.1, 0.15) is 18.4 Å². The smallest absolute Gasteiger partial charge is 0.267 e. The van der Waals surface area contributed by atoms with Crippen LogP contribution < -0.4 is 19.8 Å². The summed E-state index contributed by atoms with van der Waals surface area (Å²) in [6.45, 7) is 2.60. The van der Waals surface area contributed by atoms with Gasteiger partial charge in [-0.3, -0.25) is 9.59 Å². The molecule has 0 fully saturated rings. The summed E-state index contributed by atoms with van der Waals surface area (Å²) in [5, 5.41) is 8.44. The summed E-state index contributed by atoms with van der Waals surface area (Å²) in [6, 6.07) is 14.9. The molecular formula is C21H21N3O4. The van der Waals surface area contributed by atoms with E-state index in [2.05, 4.69) is 10.4 Å². The predicted octanol–water partition coefficient (Wildman–Crippen LogP) is 2.43. The fourth-order valence-electron chi connectivity index (χ4n) is 3.15. The van der Waals surface area contributed by atoms with Crippen LogP contribution in [-0.4, -0.2) is 36.8 Å². The lowest BCUT2D eigenvalue weighted by molar-refractivity contribution is -0.119. The molecule has 144 valence electrons. The van der Waals surface area contributed by atoms with Crippen molar-refractivity contribution in [1.82, 2.24) is 5.32 Å². The quantitative estimate of drug-likeness (QED) is 0.885. The fraction of sp³-hybridized carbons (Fsp3) is 0.286. The summed E-state index contributed by atoms with van der Waals surface area (Å²) in [5.41, 5.74) is 2.01. The van der Waals surface area contributed by atoms with Crippen LogP contribution in [0, 0.1) is 6.92 Å². The van der Waals surface area contributed by atoms with Crippen molar-refractivity contribution in [1.29, 1.82) is 0 Å². The Morgan fingerprint density at radius 2 is 2.00 bits per heavy atom. The molecule has 0 bridgehead atoms. The minimum atomic E-state index is -0.299. The normalized spacial score (nSPS) is 18.5. The molecule has 2 aliphatic rings.